The third-order valence-electron chi connectivity index (χ3n) is 2.76. The summed E-state index contributed by atoms with van der Waals surface area (Å²) in [5.41, 5.74) is 3.42. The second-order valence-electron chi connectivity index (χ2n) is 3.93. The molecule has 17 heavy (non-hydrogen) atoms. The van der Waals surface area contributed by atoms with Crippen molar-refractivity contribution < 1.29 is 9.47 Å². The third kappa shape index (κ3) is 2.41. The fourth-order valence-corrected chi connectivity index (χ4v) is 1.81. The Bertz CT molecular complexity index is 501. The summed E-state index contributed by atoms with van der Waals surface area (Å²) in [6, 6.07) is 14.2. The lowest BCUT2D eigenvalue weighted by Gasteiger charge is -2.10. The molecule has 88 valence electrons. The van der Waals surface area contributed by atoms with Crippen LogP contribution in [0.2, 0.25) is 0 Å². The van der Waals surface area contributed by atoms with Crippen LogP contribution in [0.3, 0.4) is 0 Å². The molecule has 2 aromatic rings. The average Bonchev–Trinajstić information content (AvgIpc) is 2.39. The van der Waals surface area contributed by atoms with Crippen molar-refractivity contribution in [3.8, 4) is 22.6 Å². The van der Waals surface area contributed by atoms with Crippen molar-refractivity contribution in [2.24, 2.45) is 0 Å². The second-order valence-corrected chi connectivity index (χ2v) is 3.93. The summed E-state index contributed by atoms with van der Waals surface area (Å²) in [5.74, 6) is 1.76. The lowest BCUT2D eigenvalue weighted by Crippen LogP contribution is -1.89. The van der Waals surface area contributed by atoms with Crippen LogP contribution in [0.4, 0.5) is 0 Å². The Morgan fingerprint density at radius 2 is 1.53 bits per heavy atom. The Morgan fingerprint density at radius 1 is 0.824 bits per heavy atom. The minimum Gasteiger partial charge on any atom is -0.497 e. The summed E-state index contributed by atoms with van der Waals surface area (Å²) in [6.07, 6.45) is 0. The van der Waals surface area contributed by atoms with E-state index >= 15 is 0 Å². The number of rotatable bonds is 3. The number of methoxy groups -OCH3 is 2. The summed E-state index contributed by atoms with van der Waals surface area (Å²) in [5, 5.41) is 0. The zero-order valence-electron chi connectivity index (χ0n) is 10.4. The Hall–Kier alpha value is -1.96. The molecule has 2 aromatic carbocycles. The number of hydrogen-bond acceptors (Lipinski definition) is 2. The van der Waals surface area contributed by atoms with Crippen LogP contribution < -0.4 is 9.47 Å². The molecule has 2 nitrogen and oxygen atoms in total. The van der Waals surface area contributed by atoms with Gasteiger partial charge in [0.1, 0.15) is 11.5 Å². The lowest BCUT2D eigenvalue weighted by molar-refractivity contribution is 0.414. The Morgan fingerprint density at radius 3 is 2.12 bits per heavy atom. The first-order chi connectivity index (χ1) is 8.24. The molecule has 0 aliphatic heterocycles. The Kier molecular flexibility index (Phi) is 3.33. The number of aryl methyl sites for hydroxylation is 1. The first kappa shape index (κ1) is 11.5. The summed E-state index contributed by atoms with van der Waals surface area (Å²) in [6.45, 7) is 2.06. The van der Waals surface area contributed by atoms with Gasteiger partial charge in [0.25, 0.3) is 0 Å². The van der Waals surface area contributed by atoms with Gasteiger partial charge in [0.2, 0.25) is 0 Å². The van der Waals surface area contributed by atoms with Gasteiger partial charge in [0.15, 0.2) is 0 Å². The smallest absolute Gasteiger partial charge is 0.126 e. The molecule has 0 N–H and O–H groups in total. The van der Waals surface area contributed by atoms with Crippen LogP contribution in [-0.4, -0.2) is 14.2 Å². The molecule has 0 fully saturated rings. The first-order valence-corrected chi connectivity index (χ1v) is 5.53. The molecule has 0 radical (unpaired) electrons. The molecule has 0 unspecified atom stereocenters. The van der Waals surface area contributed by atoms with Crippen LogP contribution in [0.15, 0.2) is 42.5 Å². The van der Waals surface area contributed by atoms with E-state index in [-0.39, 0.29) is 0 Å². The van der Waals surface area contributed by atoms with E-state index in [1.165, 1.54) is 5.56 Å². The normalized spacial score (nSPS) is 10.1. The van der Waals surface area contributed by atoms with Crippen molar-refractivity contribution >= 4 is 0 Å². The number of ether oxygens (including phenoxy) is 2. The van der Waals surface area contributed by atoms with Gasteiger partial charge < -0.3 is 9.47 Å². The highest BCUT2D eigenvalue weighted by atomic mass is 16.5. The van der Waals surface area contributed by atoms with Gasteiger partial charge in [-0.15, -0.1) is 0 Å². The van der Waals surface area contributed by atoms with Crippen LogP contribution in [0, 0.1) is 6.92 Å². The van der Waals surface area contributed by atoms with Gasteiger partial charge in [0, 0.05) is 5.56 Å². The summed E-state index contributed by atoms with van der Waals surface area (Å²) >= 11 is 0. The quantitative estimate of drug-likeness (QED) is 0.797. The highest BCUT2D eigenvalue weighted by Crippen LogP contribution is 2.31. The van der Waals surface area contributed by atoms with Crippen LogP contribution in [0.25, 0.3) is 11.1 Å². The van der Waals surface area contributed by atoms with Gasteiger partial charge in [-0.3, -0.25) is 0 Å². The predicted molar refractivity (Wildman–Crippen MR) is 69.7 cm³/mol. The summed E-state index contributed by atoms with van der Waals surface area (Å²) < 4.78 is 10.6. The Labute approximate surface area is 102 Å². The van der Waals surface area contributed by atoms with Crippen LogP contribution in [-0.2, 0) is 0 Å². The van der Waals surface area contributed by atoms with Crippen molar-refractivity contribution in [2.45, 2.75) is 6.92 Å². The van der Waals surface area contributed by atoms with E-state index in [1.807, 2.05) is 30.3 Å². The van der Waals surface area contributed by atoms with Gasteiger partial charge in [0.05, 0.1) is 14.2 Å². The molecule has 0 amide bonds. The second kappa shape index (κ2) is 4.91. The van der Waals surface area contributed by atoms with Crippen molar-refractivity contribution in [3.63, 3.8) is 0 Å². The summed E-state index contributed by atoms with van der Waals surface area (Å²) in [4.78, 5) is 0. The molecule has 0 aliphatic carbocycles. The minimum atomic E-state index is 0.861. The van der Waals surface area contributed by atoms with Gasteiger partial charge in [-0.1, -0.05) is 24.3 Å². The Balaban J connectivity index is 2.44. The van der Waals surface area contributed by atoms with E-state index in [0.717, 1.165) is 22.6 Å². The maximum Gasteiger partial charge on any atom is 0.126 e. The molecule has 0 aliphatic rings. The van der Waals surface area contributed by atoms with Crippen LogP contribution >= 0.6 is 0 Å². The molecule has 0 bridgehead atoms. The zero-order chi connectivity index (χ0) is 12.3. The highest BCUT2D eigenvalue weighted by Gasteiger charge is 2.05. The van der Waals surface area contributed by atoms with E-state index in [0.29, 0.717) is 0 Å². The first-order valence-electron chi connectivity index (χ1n) is 5.53. The van der Waals surface area contributed by atoms with Crippen LogP contribution in [0.5, 0.6) is 11.5 Å². The molecular formula is C15H16O2. The van der Waals surface area contributed by atoms with Crippen molar-refractivity contribution in [3.05, 3.63) is 48.0 Å². The predicted octanol–water partition coefficient (Wildman–Crippen LogP) is 3.68. The van der Waals surface area contributed by atoms with E-state index in [2.05, 4.69) is 19.1 Å². The molecule has 0 heterocycles. The molecule has 0 spiro atoms. The highest BCUT2D eigenvalue weighted by molar-refractivity contribution is 5.71. The molecule has 0 saturated heterocycles. The van der Waals surface area contributed by atoms with Crippen molar-refractivity contribution in [1.82, 2.24) is 0 Å². The maximum atomic E-state index is 5.41. The van der Waals surface area contributed by atoms with E-state index in [1.54, 1.807) is 14.2 Å². The van der Waals surface area contributed by atoms with E-state index in [4.69, 9.17) is 9.47 Å². The van der Waals surface area contributed by atoms with Gasteiger partial charge in [-0.2, -0.15) is 0 Å². The summed E-state index contributed by atoms with van der Waals surface area (Å²) in [7, 11) is 3.36. The number of hydrogen-bond donors (Lipinski definition) is 0. The minimum absolute atomic E-state index is 0.861. The molecule has 0 atom stereocenters. The van der Waals surface area contributed by atoms with Gasteiger partial charge in [-0.05, 0) is 36.2 Å². The van der Waals surface area contributed by atoms with Crippen molar-refractivity contribution in [2.75, 3.05) is 14.2 Å². The van der Waals surface area contributed by atoms with Gasteiger partial charge in [-0.25, -0.2) is 0 Å². The van der Waals surface area contributed by atoms with Crippen LogP contribution in [0.1, 0.15) is 5.56 Å². The molecule has 0 aromatic heterocycles. The van der Waals surface area contributed by atoms with Gasteiger partial charge >= 0.3 is 0 Å². The molecule has 2 rings (SSSR count). The fraction of sp³-hybridized carbons (Fsp3) is 0.200. The standard InChI is InChI=1S/C15H16O2/c1-11-4-9-14(15(10-11)17-3)12-5-7-13(16-2)8-6-12/h4-10H,1-3H3. The largest absolute Gasteiger partial charge is 0.497 e. The third-order valence-corrected chi connectivity index (χ3v) is 2.76. The SMILES string of the molecule is COc1ccc(-c2ccc(C)cc2OC)cc1. The van der Waals surface area contributed by atoms with Crippen molar-refractivity contribution in [1.29, 1.82) is 0 Å². The molecule has 2 heteroatoms. The average molecular weight is 228 g/mol. The maximum absolute atomic E-state index is 5.41. The number of benzene rings is 2. The lowest BCUT2D eigenvalue weighted by atomic mass is 10.0. The fourth-order valence-electron chi connectivity index (χ4n) is 1.81. The zero-order valence-corrected chi connectivity index (χ0v) is 10.4. The van der Waals surface area contributed by atoms with E-state index in [9.17, 15) is 0 Å². The monoisotopic (exact) mass is 228 g/mol. The molecular weight excluding hydrogens is 212 g/mol. The van der Waals surface area contributed by atoms with E-state index < -0.39 is 0 Å². The molecule has 0 saturated carbocycles. The topological polar surface area (TPSA) is 18.5 Å².